The minimum absolute atomic E-state index is 1.39. The van der Waals surface area contributed by atoms with E-state index < -0.39 is 17.9 Å². The molecule has 64 valence electrons. The molecule has 0 aliphatic rings. The van der Waals surface area contributed by atoms with Gasteiger partial charge in [0.25, 0.3) is 0 Å². The zero-order valence-corrected chi connectivity index (χ0v) is 9.77. The average Bonchev–Trinajstić information content (AvgIpc) is 2.04. The van der Waals surface area contributed by atoms with Crippen LogP contribution in [0.3, 0.4) is 0 Å². The standard InChI is InChI=1S/4CH3O.ClH.Sb/c4*1-2;;/h4*1H3;1H;/q4*-1;;+5/p-1. The number of hydrogen-bond donors (Lipinski definition) is 0. The summed E-state index contributed by atoms with van der Waals surface area (Å²) in [5.41, 5.74) is 0. The molecular formula is C4H12ClO4Sb. The van der Waals surface area contributed by atoms with Crippen molar-refractivity contribution in [3.05, 3.63) is 0 Å². The third-order valence-electron chi connectivity index (χ3n) is 1.17. The first-order chi connectivity index (χ1) is 4.54. The molecular weight excluding hydrogens is 269 g/mol. The van der Waals surface area contributed by atoms with Gasteiger partial charge >= 0.3 is 67.3 Å². The van der Waals surface area contributed by atoms with Gasteiger partial charge in [-0.05, 0) is 0 Å². The number of hydrogen-bond acceptors (Lipinski definition) is 4. The second-order valence-electron chi connectivity index (χ2n) is 1.45. The van der Waals surface area contributed by atoms with E-state index in [4.69, 9.17) is 20.9 Å². The molecule has 0 saturated carbocycles. The summed E-state index contributed by atoms with van der Waals surface area (Å²) in [6.07, 6.45) is 0. The molecule has 0 aromatic heterocycles. The Bertz CT molecular complexity index is 92.3. The summed E-state index contributed by atoms with van der Waals surface area (Å²) in [4.78, 5) is 0. The van der Waals surface area contributed by atoms with E-state index in [-0.39, 0.29) is 0 Å². The summed E-state index contributed by atoms with van der Waals surface area (Å²) in [5.74, 6) is 0. The maximum atomic E-state index is 5.85. The van der Waals surface area contributed by atoms with E-state index >= 15 is 0 Å². The van der Waals surface area contributed by atoms with Crippen molar-refractivity contribution < 1.29 is 12.1 Å². The topological polar surface area (TPSA) is 36.9 Å². The van der Waals surface area contributed by atoms with Gasteiger partial charge in [-0.15, -0.1) is 0 Å². The Kier molecular flexibility index (Phi) is 3.90. The van der Waals surface area contributed by atoms with Crippen LogP contribution in [0.2, 0.25) is 0 Å². The summed E-state index contributed by atoms with van der Waals surface area (Å²) in [6.45, 7) is 0. The van der Waals surface area contributed by atoms with Crippen LogP contribution < -0.4 is 0 Å². The third-order valence-corrected chi connectivity index (χ3v) is 11.6. The predicted molar refractivity (Wildman–Crippen MR) is 39.6 cm³/mol. The first-order valence-electron chi connectivity index (χ1n) is 2.53. The molecule has 0 aromatic rings. The fourth-order valence-corrected chi connectivity index (χ4v) is 3.00. The molecule has 0 amide bonds. The normalized spacial score (nSPS) is 16.3. The van der Waals surface area contributed by atoms with Crippen LogP contribution in [-0.2, 0) is 12.1 Å². The van der Waals surface area contributed by atoms with E-state index in [9.17, 15) is 0 Å². The zero-order chi connectivity index (χ0) is 8.28. The van der Waals surface area contributed by atoms with Gasteiger partial charge in [0.15, 0.2) is 0 Å². The van der Waals surface area contributed by atoms with Crippen LogP contribution in [-0.4, -0.2) is 46.4 Å². The van der Waals surface area contributed by atoms with E-state index in [2.05, 4.69) is 0 Å². The summed E-state index contributed by atoms with van der Waals surface area (Å²) in [6, 6.07) is 0. The van der Waals surface area contributed by atoms with Crippen molar-refractivity contribution in [2.24, 2.45) is 0 Å². The minimum atomic E-state index is -4.45. The Morgan fingerprint density at radius 1 is 0.800 bits per heavy atom. The Labute approximate surface area is 67.3 Å². The van der Waals surface area contributed by atoms with E-state index in [0.717, 1.165) is 0 Å². The molecule has 0 saturated heterocycles. The van der Waals surface area contributed by atoms with Crippen molar-refractivity contribution in [1.29, 1.82) is 0 Å². The van der Waals surface area contributed by atoms with Crippen molar-refractivity contribution in [3.8, 4) is 0 Å². The summed E-state index contributed by atoms with van der Waals surface area (Å²) >= 11 is -4.45. The Balaban J connectivity index is 4.42. The van der Waals surface area contributed by atoms with Crippen LogP contribution in [0, 0.1) is 0 Å². The molecule has 0 fully saturated rings. The quantitative estimate of drug-likeness (QED) is 0.711. The molecule has 0 rings (SSSR count). The molecule has 4 nitrogen and oxygen atoms in total. The Morgan fingerprint density at radius 2 is 1.00 bits per heavy atom. The van der Waals surface area contributed by atoms with Gasteiger partial charge in [-0.2, -0.15) is 0 Å². The van der Waals surface area contributed by atoms with Crippen molar-refractivity contribution in [2.75, 3.05) is 28.4 Å². The fourth-order valence-electron chi connectivity index (χ4n) is 0.447. The molecule has 0 aliphatic heterocycles. The Hall–Kier alpha value is 0.948. The number of rotatable bonds is 4. The van der Waals surface area contributed by atoms with Gasteiger partial charge in [0.2, 0.25) is 0 Å². The van der Waals surface area contributed by atoms with Crippen LogP contribution in [0.25, 0.3) is 0 Å². The van der Waals surface area contributed by atoms with Crippen LogP contribution in [0.5, 0.6) is 0 Å². The monoisotopic (exact) mass is 280 g/mol. The van der Waals surface area contributed by atoms with Gasteiger partial charge in [0.1, 0.15) is 0 Å². The maximum absolute atomic E-state index is 5.85. The first kappa shape index (κ1) is 10.9. The zero-order valence-electron chi connectivity index (χ0n) is 6.46. The van der Waals surface area contributed by atoms with Crippen LogP contribution in [0.15, 0.2) is 0 Å². The second-order valence-corrected chi connectivity index (χ2v) is 13.5. The molecule has 0 N–H and O–H groups in total. The molecule has 0 heterocycles. The Morgan fingerprint density at radius 3 is 1.00 bits per heavy atom. The van der Waals surface area contributed by atoms with Gasteiger partial charge in [-0.25, -0.2) is 0 Å². The average molecular weight is 281 g/mol. The molecule has 10 heavy (non-hydrogen) atoms. The summed E-state index contributed by atoms with van der Waals surface area (Å²) < 4.78 is 19.5. The van der Waals surface area contributed by atoms with Gasteiger partial charge in [0.05, 0.1) is 0 Å². The third kappa shape index (κ3) is 1.97. The van der Waals surface area contributed by atoms with E-state index in [1.54, 1.807) is 0 Å². The van der Waals surface area contributed by atoms with Crippen LogP contribution in [0.4, 0.5) is 0 Å². The van der Waals surface area contributed by atoms with E-state index in [0.29, 0.717) is 0 Å². The SMILES string of the molecule is C[O][Sb]([Cl])([O]C)([O]C)[O]C. The van der Waals surface area contributed by atoms with Crippen LogP contribution >= 0.6 is 8.83 Å². The van der Waals surface area contributed by atoms with E-state index in [1.165, 1.54) is 28.4 Å². The van der Waals surface area contributed by atoms with Crippen LogP contribution in [0.1, 0.15) is 0 Å². The first-order valence-corrected chi connectivity index (χ1v) is 9.93. The molecule has 0 unspecified atom stereocenters. The fraction of sp³-hybridized carbons (Fsp3) is 1.00. The van der Waals surface area contributed by atoms with Crippen molar-refractivity contribution in [2.45, 2.75) is 0 Å². The van der Waals surface area contributed by atoms with Crippen molar-refractivity contribution >= 4 is 26.8 Å². The summed E-state index contributed by atoms with van der Waals surface area (Å²) in [5, 5.41) is 0. The van der Waals surface area contributed by atoms with E-state index in [1.807, 2.05) is 0 Å². The summed E-state index contributed by atoms with van der Waals surface area (Å²) in [7, 11) is 11.4. The molecule has 0 bridgehead atoms. The number of halogens is 1. The molecule has 0 aromatic carbocycles. The molecule has 0 radical (unpaired) electrons. The van der Waals surface area contributed by atoms with Gasteiger partial charge in [-0.1, -0.05) is 0 Å². The molecule has 0 aliphatic carbocycles. The van der Waals surface area contributed by atoms with Gasteiger partial charge in [0, 0.05) is 0 Å². The molecule has 6 heteroatoms. The van der Waals surface area contributed by atoms with Gasteiger partial charge < -0.3 is 0 Å². The predicted octanol–water partition coefficient (Wildman–Crippen LogP) is 0.697. The van der Waals surface area contributed by atoms with Crippen molar-refractivity contribution in [1.82, 2.24) is 0 Å². The molecule has 0 atom stereocenters. The van der Waals surface area contributed by atoms with Crippen molar-refractivity contribution in [3.63, 3.8) is 0 Å². The second kappa shape index (κ2) is 3.56. The molecule has 0 spiro atoms. The van der Waals surface area contributed by atoms with Gasteiger partial charge in [-0.3, -0.25) is 0 Å².